The first-order valence-electron chi connectivity index (χ1n) is 7.33. The Kier molecular flexibility index (Phi) is 8.56. The van der Waals surface area contributed by atoms with E-state index in [4.69, 9.17) is 0 Å². The monoisotopic (exact) mass is 417 g/mol. The van der Waals surface area contributed by atoms with Crippen LogP contribution < -0.4 is 10.6 Å². The molecular weight excluding hydrogens is 393 g/mol. The number of hydrogen-bond acceptors (Lipinski definition) is 3. The number of aliphatic imine (C=N–C) groups is 1. The number of aryl methyl sites for hydroxylation is 1. The summed E-state index contributed by atoms with van der Waals surface area (Å²) in [5.41, 5.74) is 0. The minimum absolute atomic E-state index is 0. The lowest BCUT2D eigenvalue weighted by atomic mass is 10.5. The topological polar surface area (TPSA) is 72.1 Å². The highest BCUT2D eigenvalue weighted by molar-refractivity contribution is 14.0. The molecule has 0 amide bonds. The molecule has 2 heterocycles. The van der Waals surface area contributed by atoms with Gasteiger partial charge in [0.2, 0.25) is 0 Å². The number of aromatic nitrogens is 4. The molecule has 0 aliphatic rings. The molecule has 22 heavy (non-hydrogen) atoms. The van der Waals surface area contributed by atoms with Crippen molar-refractivity contribution < 1.29 is 0 Å². The van der Waals surface area contributed by atoms with Gasteiger partial charge in [-0.2, -0.15) is 0 Å². The van der Waals surface area contributed by atoms with E-state index in [1.807, 2.05) is 16.7 Å². The van der Waals surface area contributed by atoms with Crippen molar-refractivity contribution in [2.24, 2.45) is 4.99 Å². The molecule has 0 bridgehead atoms. The number of guanidine groups is 1. The van der Waals surface area contributed by atoms with Crippen molar-refractivity contribution in [2.75, 3.05) is 13.1 Å². The molecule has 0 spiro atoms. The van der Waals surface area contributed by atoms with E-state index in [1.54, 1.807) is 6.33 Å². The van der Waals surface area contributed by atoms with Crippen LogP contribution in [0.3, 0.4) is 0 Å². The Hall–Kier alpha value is -1.58. The fraction of sp³-hybridized carbons (Fsp3) is 0.500. The lowest BCUT2D eigenvalue weighted by Gasteiger charge is -2.11. The van der Waals surface area contributed by atoms with Crippen molar-refractivity contribution in [1.29, 1.82) is 0 Å². The second kappa shape index (κ2) is 10.2. The molecule has 0 aliphatic carbocycles. The third kappa shape index (κ3) is 5.66. The summed E-state index contributed by atoms with van der Waals surface area (Å²) in [6.07, 6.45) is 5.84. The normalized spacial score (nSPS) is 11.1. The summed E-state index contributed by atoms with van der Waals surface area (Å²) in [5, 5.41) is 14.6. The van der Waals surface area contributed by atoms with Crippen molar-refractivity contribution in [3.8, 4) is 0 Å². The first kappa shape index (κ1) is 18.5. The lowest BCUT2D eigenvalue weighted by Crippen LogP contribution is -2.38. The second-order valence-corrected chi connectivity index (χ2v) is 4.58. The largest absolute Gasteiger partial charge is 0.357 e. The van der Waals surface area contributed by atoms with E-state index in [1.165, 1.54) is 0 Å². The molecule has 0 saturated carbocycles. The van der Waals surface area contributed by atoms with Crippen molar-refractivity contribution in [3.63, 3.8) is 0 Å². The fourth-order valence-corrected chi connectivity index (χ4v) is 1.98. The van der Waals surface area contributed by atoms with Gasteiger partial charge in [0.25, 0.3) is 0 Å². The van der Waals surface area contributed by atoms with Crippen LogP contribution in [-0.4, -0.2) is 38.4 Å². The predicted molar refractivity (Wildman–Crippen MR) is 98.4 cm³/mol. The van der Waals surface area contributed by atoms with Crippen LogP contribution in [0.5, 0.6) is 0 Å². The Labute approximate surface area is 148 Å². The standard InChI is InChI=1S/C14H23N7.HI/c1-3-15-14(16-7-10-20-8-5-6-9-20)17-11-13-19-18-12-21(13)4-2;/h5-6,8-9,12H,3-4,7,10-11H2,1-2H3,(H2,15,16,17);1H. The van der Waals surface area contributed by atoms with Crippen molar-refractivity contribution in [3.05, 3.63) is 36.7 Å². The van der Waals surface area contributed by atoms with E-state index < -0.39 is 0 Å². The Morgan fingerprint density at radius 1 is 1.23 bits per heavy atom. The highest BCUT2D eigenvalue weighted by atomic mass is 127. The minimum atomic E-state index is 0. The summed E-state index contributed by atoms with van der Waals surface area (Å²) in [6, 6.07) is 4.05. The average molecular weight is 417 g/mol. The summed E-state index contributed by atoms with van der Waals surface area (Å²) in [6.45, 7) is 8.05. The highest BCUT2D eigenvalue weighted by Gasteiger charge is 2.02. The summed E-state index contributed by atoms with van der Waals surface area (Å²) >= 11 is 0. The molecule has 0 unspecified atom stereocenters. The van der Waals surface area contributed by atoms with E-state index in [0.29, 0.717) is 6.54 Å². The SMILES string of the molecule is CCNC(=NCc1nncn1CC)NCCn1cccc1.I. The molecule has 0 aliphatic heterocycles. The number of nitrogens with one attached hydrogen (secondary N) is 2. The van der Waals surface area contributed by atoms with Crippen LogP contribution >= 0.6 is 24.0 Å². The number of rotatable bonds is 7. The zero-order valence-corrected chi connectivity index (χ0v) is 15.4. The van der Waals surface area contributed by atoms with Crippen molar-refractivity contribution in [2.45, 2.75) is 33.5 Å². The maximum absolute atomic E-state index is 4.55. The average Bonchev–Trinajstić information content (AvgIpc) is 3.15. The molecule has 8 heteroatoms. The highest BCUT2D eigenvalue weighted by Crippen LogP contribution is 1.97. The van der Waals surface area contributed by atoms with Gasteiger partial charge in [-0.25, -0.2) is 4.99 Å². The quantitative estimate of drug-likeness (QED) is 0.407. The second-order valence-electron chi connectivity index (χ2n) is 4.58. The molecule has 7 nitrogen and oxygen atoms in total. The van der Waals surface area contributed by atoms with E-state index in [9.17, 15) is 0 Å². The molecule has 2 rings (SSSR count). The van der Waals surface area contributed by atoms with Crippen molar-refractivity contribution >= 4 is 29.9 Å². The van der Waals surface area contributed by atoms with E-state index in [2.05, 4.69) is 56.6 Å². The van der Waals surface area contributed by atoms with Gasteiger partial charge in [-0.1, -0.05) is 0 Å². The zero-order valence-electron chi connectivity index (χ0n) is 13.1. The van der Waals surface area contributed by atoms with Gasteiger partial charge in [-0.15, -0.1) is 34.2 Å². The van der Waals surface area contributed by atoms with Crippen molar-refractivity contribution in [1.82, 2.24) is 30.0 Å². The molecule has 122 valence electrons. The Morgan fingerprint density at radius 3 is 2.68 bits per heavy atom. The molecule has 2 N–H and O–H groups in total. The Balaban J connectivity index is 0.00000242. The first-order valence-corrected chi connectivity index (χ1v) is 7.33. The van der Waals surface area contributed by atoms with Gasteiger partial charge in [0.05, 0.1) is 0 Å². The van der Waals surface area contributed by atoms with Crippen LogP contribution in [0.1, 0.15) is 19.7 Å². The summed E-state index contributed by atoms with van der Waals surface area (Å²) < 4.78 is 4.12. The molecule has 2 aromatic heterocycles. The predicted octanol–water partition coefficient (Wildman–Crippen LogP) is 1.47. The van der Waals surface area contributed by atoms with Gasteiger partial charge < -0.3 is 19.8 Å². The number of halogens is 1. The first-order chi connectivity index (χ1) is 10.3. The zero-order chi connectivity index (χ0) is 14.9. The van der Waals surface area contributed by atoms with Crippen LogP contribution in [0.2, 0.25) is 0 Å². The molecule has 0 fully saturated rings. The van der Waals surface area contributed by atoms with Gasteiger partial charge in [-0.3, -0.25) is 0 Å². The van der Waals surface area contributed by atoms with Crippen LogP contribution in [0.25, 0.3) is 0 Å². The van der Waals surface area contributed by atoms with Gasteiger partial charge in [0, 0.05) is 38.6 Å². The molecule has 0 atom stereocenters. The molecule has 0 saturated heterocycles. The molecule has 0 radical (unpaired) electrons. The third-order valence-corrected chi connectivity index (χ3v) is 3.09. The van der Waals surface area contributed by atoms with E-state index in [-0.39, 0.29) is 24.0 Å². The fourth-order valence-electron chi connectivity index (χ4n) is 1.98. The van der Waals surface area contributed by atoms with Gasteiger partial charge in [0.15, 0.2) is 11.8 Å². The van der Waals surface area contributed by atoms with Gasteiger partial charge in [-0.05, 0) is 26.0 Å². The van der Waals surface area contributed by atoms with E-state index in [0.717, 1.165) is 38.0 Å². The van der Waals surface area contributed by atoms with Crippen LogP contribution in [0.15, 0.2) is 35.8 Å². The molecule has 2 aromatic rings. The molecular formula is C14H24IN7. The summed E-state index contributed by atoms with van der Waals surface area (Å²) in [4.78, 5) is 4.55. The molecule has 0 aromatic carbocycles. The summed E-state index contributed by atoms with van der Waals surface area (Å²) in [7, 11) is 0. The minimum Gasteiger partial charge on any atom is -0.357 e. The van der Waals surface area contributed by atoms with E-state index >= 15 is 0 Å². The Morgan fingerprint density at radius 2 is 2.00 bits per heavy atom. The lowest BCUT2D eigenvalue weighted by molar-refractivity contribution is 0.660. The number of hydrogen-bond donors (Lipinski definition) is 2. The van der Waals surface area contributed by atoms with Crippen LogP contribution in [0, 0.1) is 0 Å². The smallest absolute Gasteiger partial charge is 0.191 e. The maximum atomic E-state index is 4.55. The van der Waals surface area contributed by atoms with Gasteiger partial charge in [0.1, 0.15) is 12.9 Å². The maximum Gasteiger partial charge on any atom is 0.191 e. The van der Waals surface area contributed by atoms with Crippen LogP contribution in [-0.2, 0) is 19.6 Å². The summed E-state index contributed by atoms with van der Waals surface area (Å²) in [5.74, 6) is 1.68. The third-order valence-electron chi connectivity index (χ3n) is 3.09. The Bertz CT molecular complexity index is 547. The van der Waals surface area contributed by atoms with Gasteiger partial charge >= 0.3 is 0 Å². The number of nitrogens with zero attached hydrogens (tertiary/aromatic N) is 5. The van der Waals surface area contributed by atoms with Crippen LogP contribution in [0.4, 0.5) is 0 Å².